The summed E-state index contributed by atoms with van der Waals surface area (Å²) in [6.45, 7) is 0. The van der Waals surface area contributed by atoms with Crippen molar-refractivity contribution in [3.63, 3.8) is 0 Å². The number of fused-ring (bicyclic) bond motifs is 2. The zero-order valence-corrected chi connectivity index (χ0v) is 11.0. The van der Waals surface area contributed by atoms with Crippen LogP contribution in [-0.4, -0.2) is 9.97 Å². The van der Waals surface area contributed by atoms with Crippen LogP contribution in [0.2, 0.25) is 0 Å². The van der Waals surface area contributed by atoms with Crippen molar-refractivity contribution in [1.82, 2.24) is 9.97 Å². The topological polar surface area (TPSA) is 54.7 Å². The van der Waals surface area contributed by atoms with Gasteiger partial charge in [0.15, 0.2) is 0 Å². The Labute approximate surface area is 108 Å². The molecule has 0 spiro atoms. The van der Waals surface area contributed by atoms with Crippen LogP contribution >= 0.6 is 15.9 Å². The Kier molecular flexibility index (Phi) is 1.90. The molecular formula is C13H14BrN3. The number of nitrogens with zero attached hydrogens (tertiary/aromatic N) is 1. The molecular weight excluding hydrogens is 278 g/mol. The first-order valence-electron chi connectivity index (χ1n) is 6.18. The number of rotatable bonds is 1. The Morgan fingerprint density at radius 2 is 2.06 bits per heavy atom. The number of aromatic nitrogens is 2. The second kappa shape index (κ2) is 3.25. The number of halogens is 1. The number of hydrogen-bond acceptors (Lipinski definition) is 2. The number of anilines is 1. The van der Waals surface area contributed by atoms with Crippen molar-refractivity contribution < 1.29 is 0 Å². The number of nitrogens with one attached hydrogen (secondary N) is 1. The van der Waals surface area contributed by atoms with Gasteiger partial charge in [0.25, 0.3) is 0 Å². The van der Waals surface area contributed by atoms with Crippen LogP contribution in [0.25, 0.3) is 11.0 Å². The maximum absolute atomic E-state index is 5.99. The summed E-state index contributed by atoms with van der Waals surface area (Å²) in [6.07, 6.45) is 4.16. The van der Waals surface area contributed by atoms with Crippen molar-refractivity contribution in [2.75, 3.05) is 5.73 Å². The van der Waals surface area contributed by atoms with E-state index in [0.29, 0.717) is 5.92 Å². The van der Waals surface area contributed by atoms with Gasteiger partial charge in [-0.1, -0.05) is 22.4 Å². The van der Waals surface area contributed by atoms with E-state index in [2.05, 4.69) is 27.0 Å². The lowest BCUT2D eigenvalue weighted by molar-refractivity contribution is 0.664. The third-order valence-electron chi connectivity index (χ3n) is 4.32. The third-order valence-corrected chi connectivity index (χ3v) is 4.78. The van der Waals surface area contributed by atoms with Gasteiger partial charge < -0.3 is 10.7 Å². The highest BCUT2D eigenvalue weighted by Crippen LogP contribution is 2.62. The molecule has 2 atom stereocenters. The van der Waals surface area contributed by atoms with Crippen LogP contribution in [0.4, 0.5) is 5.69 Å². The fraction of sp³-hybridized carbons (Fsp3) is 0.462. The molecule has 4 rings (SSSR count). The number of hydrogen-bond donors (Lipinski definition) is 2. The predicted octanol–water partition coefficient (Wildman–Crippen LogP) is 3.42. The maximum Gasteiger partial charge on any atom is 0.112 e. The van der Waals surface area contributed by atoms with E-state index in [1.165, 1.54) is 19.3 Å². The number of aromatic amines is 1. The first-order valence-corrected chi connectivity index (χ1v) is 6.98. The number of imidazole rings is 1. The monoisotopic (exact) mass is 291 g/mol. The Morgan fingerprint density at radius 1 is 1.29 bits per heavy atom. The van der Waals surface area contributed by atoms with Gasteiger partial charge in [-0.3, -0.25) is 0 Å². The molecule has 1 aromatic carbocycles. The summed E-state index contributed by atoms with van der Waals surface area (Å²) in [5.41, 5.74) is 8.72. The van der Waals surface area contributed by atoms with Crippen molar-refractivity contribution >= 4 is 32.7 Å². The quantitative estimate of drug-likeness (QED) is 0.791. The summed E-state index contributed by atoms with van der Waals surface area (Å²) in [5.74, 6) is 3.61. The van der Waals surface area contributed by atoms with Crippen LogP contribution in [0, 0.1) is 11.8 Å². The second-order valence-electron chi connectivity index (χ2n) is 5.30. The van der Waals surface area contributed by atoms with E-state index in [4.69, 9.17) is 10.7 Å². The Bertz CT molecular complexity index is 594. The van der Waals surface area contributed by atoms with Gasteiger partial charge in [0.2, 0.25) is 0 Å². The highest BCUT2D eigenvalue weighted by atomic mass is 79.9. The van der Waals surface area contributed by atoms with E-state index in [1.54, 1.807) is 0 Å². The molecule has 88 valence electrons. The summed E-state index contributed by atoms with van der Waals surface area (Å²) in [7, 11) is 0. The molecule has 1 heterocycles. The molecule has 4 heteroatoms. The summed E-state index contributed by atoms with van der Waals surface area (Å²) in [4.78, 5) is 8.14. The lowest BCUT2D eigenvalue weighted by atomic mass is 10.1. The Morgan fingerprint density at radius 3 is 2.82 bits per heavy atom. The van der Waals surface area contributed by atoms with Gasteiger partial charge >= 0.3 is 0 Å². The van der Waals surface area contributed by atoms with Crippen molar-refractivity contribution in [1.29, 1.82) is 0 Å². The van der Waals surface area contributed by atoms with E-state index in [0.717, 1.165) is 38.9 Å². The first-order chi connectivity index (χ1) is 8.24. The average Bonchev–Trinajstić information content (AvgIpc) is 2.67. The van der Waals surface area contributed by atoms with Crippen LogP contribution in [-0.2, 0) is 0 Å². The highest BCUT2D eigenvalue weighted by molar-refractivity contribution is 9.10. The molecule has 17 heavy (non-hydrogen) atoms. The molecule has 0 bridgehead atoms. The standard InChI is InChI=1S/C13H14BrN3/c14-6-4-9(15)12-10(5-6)16-13(17-12)11-7-2-1-3-8(7)11/h4-5,7-8,11H,1-3,15H2,(H,16,17). The van der Waals surface area contributed by atoms with Crippen molar-refractivity contribution in [3.05, 3.63) is 22.4 Å². The van der Waals surface area contributed by atoms with E-state index in [9.17, 15) is 0 Å². The van der Waals surface area contributed by atoms with E-state index in [-0.39, 0.29) is 0 Å². The number of benzene rings is 1. The smallest absolute Gasteiger partial charge is 0.112 e. The molecule has 3 nitrogen and oxygen atoms in total. The zero-order valence-electron chi connectivity index (χ0n) is 9.41. The normalized spacial score (nSPS) is 30.8. The summed E-state index contributed by atoms with van der Waals surface area (Å²) in [5, 5.41) is 0. The van der Waals surface area contributed by atoms with Crippen molar-refractivity contribution in [2.45, 2.75) is 25.2 Å². The fourth-order valence-corrected chi connectivity index (χ4v) is 3.99. The largest absolute Gasteiger partial charge is 0.397 e. The van der Waals surface area contributed by atoms with E-state index < -0.39 is 0 Å². The predicted molar refractivity (Wildman–Crippen MR) is 71.8 cm³/mol. The average molecular weight is 292 g/mol. The van der Waals surface area contributed by atoms with Gasteiger partial charge in [0, 0.05) is 10.4 Å². The molecule has 2 fully saturated rings. The van der Waals surface area contributed by atoms with Crippen molar-refractivity contribution in [2.24, 2.45) is 11.8 Å². The van der Waals surface area contributed by atoms with Crippen LogP contribution < -0.4 is 5.73 Å². The van der Waals surface area contributed by atoms with E-state index in [1.807, 2.05) is 6.07 Å². The minimum atomic E-state index is 0.675. The molecule has 0 aliphatic heterocycles. The van der Waals surface area contributed by atoms with Crippen molar-refractivity contribution in [3.8, 4) is 0 Å². The molecule has 2 aromatic rings. The Balaban J connectivity index is 1.80. The van der Waals surface area contributed by atoms with Crippen LogP contribution in [0.3, 0.4) is 0 Å². The lowest BCUT2D eigenvalue weighted by Gasteiger charge is -1.97. The minimum absolute atomic E-state index is 0.675. The van der Waals surface area contributed by atoms with Gasteiger partial charge in [-0.15, -0.1) is 0 Å². The fourth-order valence-electron chi connectivity index (χ4n) is 3.51. The van der Waals surface area contributed by atoms with Gasteiger partial charge in [-0.05, 0) is 36.8 Å². The molecule has 2 unspecified atom stereocenters. The number of nitrogens with two attached hydrogens (primary N) is 1. The lowest BCUT2D eigenvalue weighted by Crippen LogP contribution is -1.90. The molecule has 2 saturated carbocycles. The van der Waals surface area contributed by atoms with Gasteiger partial charge in [-0.2, -0.15) is 0 Å². The number of H-pyrrole nitrogens is 1. The van der Waals surface area contributed by atoms with Crippen LogP contribution in [0.15, 0.2) is 16.6 Å². The third kappa shape index (κ3) is 1.36. The number of nitrogen functional groups attached to an aromatic ring is 1. The minimum Gasteiger partial charge on any atom is -0.397 e. The molecule has 0 amide bonds. The summed E-state index contributed by atoms with van der Waals surface area (Å²) >= 11 is 3.47. The molecule has 2 aliphatic rings. The zero-order chi connectivity index (χ0) is 11.6. The summed E-state index contributed by atoms with van der Waals surface area (Å²) < 4.78 is 1.01. The molecule has 0 saturated heterocycles. The molecule has 0 radical (unpaired) electrons. The van der Waals surface area contributed by atoms with Gasteiger partial charge in [0.1, 0.15) is 11.3 Å². The second-order valence-corrected chi connectivity index (χ2v) is 6.21. The molecule has 1 aromatic heterocycles. The first kappa shape index (κ1) is 9.95. The maximum atomic E-state index is 5.99. The highest BCUT2D eigenvalue weighted by Gasteiger charge is 2.54. The van der Waals surface area contributed by atoms with E-state index >= 15 is 0 Å². The molecule has 2 aliphatic carbocycles. The Hall–Kier alpha value is -1.03. The van der Waals surface area contributed by atoms with Crippen LogP contribution in [0.1, 0.15) is 31.0 Å². The SMILES string of the molecule is Nc1cc(Br)cc2[nH]c(C3C4CCCC43)nc12. The molecule has 3 N–H and O–H groups in total. The summed E-state index contributed by atoms with van der Waals surface area (Å²) in [6, 6.07) is 3.97. The van der Waals surface area contributed by atoms with Gasteiger partial charge in [-0.25, -0.2) is 4.98 Å². The van der Waals surface area contributed by atoms with Gasteiger partial charge in [0.05, 0.1) is 11.2 Å². The van der Waals surface area contributed by atoms with Crippen LogP contribution in [0.5, 0.6) is 0 Å².